The van der Waals surface area contributed by atoms with Crippen LogP contribution in [0, 0.1) is 23.3 Å². The smallest absolute Gasteiger partial charge is 0.186 e. The lowest BCUT2D eigenvalue weighted by Gasteiger charge is -2.32. The zero-order valence-electron chi connectivity index (χ0n) is 19.6. The number of hydrogen-bond donors (Lipinski definition) is 1. The molecule has 1 N–H and O–H groups in total. The third-order valence-corrected chi connectivity index (χ3v) is 8.24. The lowest BCUT2D eigenvalue weighted by atomic mass is 10.1. The van der Waals surface area contributed by atoms with Crippen molar-refractivity contribution in [3.05, 3.63) is 78.1 Å². The number of thiazole rings is 1. The molecule has 0 bridgehead atoms. The summed E-state index contributed by atoms with van der Waals surface area (Å²) in [5.74, 6) is -3.63. The first-order valence-electron chi connectivity index (χ1n) is 11.3. The molecule has 1 unspecified atom stereocenters. The van der Waals surface area contributed by atoms with E-state index in [1.807, 2.05) is 7.05 Å². The maximum Gasteiger partial charge on any atom is 0.186 e. The summed E-state index contributed by atoms with van der Waals surface area (Å²) in [6, 6.07) is 7.99. The van der Waals surface area contributed by atoms with Crippen LogP contribution in [0.2, 0.25) is 0 Å². The molecule has 1 atom stereocenters. The van der Waals surface area contributed by atoms with Gasteiger partial charge in [0.2, 0.25) is 0 Å². The summed E-state index contributed by atoms with van der Waals surface area (Å²) in [6.07, 6.45) is 3.16. The molecule has 1 aliphatic rings. The molecule has 0 spiro atoms. The lowest BCUT2D eigenvalue weighted by molar-refractivity contribution is 0.313. The van der Waals surface area contributed by atoms with Crippen molar-refractivity contribution in [3.63, 3.8) is 0 Å². The topological polar surface area (TPSA) is 61.4 Å². The zero-order chi connectivity index (χ0) is 26.1. The second-order valence-electron chi connectivity index (χ2n) is 8.43. The Labute approximate surface area is 217 Å². The first-order valence-corrected chi connectivity index (χ1v) is 13.2. The second kappa shape index (κ2) is 10.6. The molecule has 12 heteroatoms. The highest BCUT2D eigenvalue weighted by Gasteiger charge is 2.27. The van der Waals surface area contributed by atoms with Crippen molar-refractivity contribution >= 4 is 33.1 Å². The number of nitrogens with one attached hydrogen (secondary N) is 1. The van der Waals surface area contributed by atoms with E-state index in [9.17, 15) is 13.0 Å². The van der Waals surface area contributed by atoms with E-state index in [0.29, 0.717) is 28.7 Å². The van der Waals surface area contributed by atoms with Gasteiger partial charge < -0.3 is 9.80 Å². The maximum absolute atomic E-state index is 15.8. The summed E-state index contributed by atoms with van der Waals surface area (Å²) >= 11 is 1.32. The van der Waals surface area contributed by atoms with Crippen LogP contribution in [0.3, 0.4) is 0 Å². The van der Waals surface area contributed by atoms with Crippen molar-refractivity contribution in [2.45, 2.75) is 4.90 Å². The van der Waals surface area contributed by atoms with Gasteiger partial charge in [0.15, 0.2) is 21.9 Å². The molecule has 1 saturated heterocycles. The van der Waals surface area contributed by atoms with Crippen LogP contribution in [0.5, 0.6) is 0 Å². The van der Waals surface area contributed by atoms with Crippen LogP contribution < -0.4 is 9.62 Å². The Hall–Kier alpha value is -3.35. The number of likely N-dealkylation sites (N-methyl/N-ethyl adjacent to an activating group) is 1. The van der Waals surface area contributed by atoms with Crippen molar-refractivity contribution in [1.29, 1.82) is 0 Å². The Morgan fingerprint density at radius 3 is 2.38 bits per heavy atom. The Bertz CT molecular complexity index is 1460. The summed E-state index contributed by atoms with van der Waals surface area (Å²) in [5.41, 5.74) is 0.0234. The minimum absolute atomic E-state index is 0.0893. The predicted octanol–water partition coefficient (Wildman–Crippen LogP) is 5.32. The Morgan fingerprint density at radius 2 is 1.65 bits per heavy atom. The SMILES string of the molecule is CN1CCN(c2nc(-c3c(F)ccc(NS(=O)c4cc(F)ccc4F)c3F)c(-c3ccncc3)s2)CC1. The van der Waals surface area contributed by atoms with Crippen LogP contribution in [0.1, 0.15) is 0 Å². The second-order valence-corrected chi connectivity index (χ2v) is 10.6. The van der Waals surface area contributed by atoms with Crippen molar-refractivity contribution in [3.8, 4) is 21.7 Å². The molecule has 3 heterocycles. The molecule has 2 aromatic carbocycles. The quantitative estimate of drug-likeness (QED) is 0.332. The molecule has 37 heavy (non-hydrogen) atoms. The number of benzene rings is 2. The number of aromatic nitrogens is 2. The van der Waals surface area contributed by atoms with Crippen LogP contribution in [0.15, 0.2) is 59.8 Å². The summed E-state index contributed by atoms with van der Waals surface area (Å²) in [4.78, 5) is 13.0. The van der Waals surface area contributed by atoms with Gasteiger partial charge in [-0.2, -0.15) is 0 Å². The van der Waals surface area contributed by atoms with Crippen molar-refractivity contribution in [1.82, 2.24) is 14.9 Å². The number of piperazine rings is 1. The number of rotatable bonds is 6. The van der Waals surface area contributed by atoms with Gasteiger partial charge in [0.25, 0.3) is 0 Å². The van der Waals surface area contributed by atoms with Crippen LogP contribution in [-0.4, -0.2) is 52.3 Å². The van der Waals surface area contributed by atoms with Gasteiger partial charge in [0, 0.05) is 38.6 Å². The number of anilines is 2. The summed E-state index contributed by atoms with van der Waals surface area (Å²) in [7, 11) is -0.324. The Morgan fingerprint density at radius 1 is 0.946 bits per heavy atom. The Balaban J connectivity index is 1.57. The third kappa shape index (κ3) is 5.22. The summed E-state index contributed by atoms with van der Waals surface area (Å²) < 4.78 is 73.7. The van der Waals surface area contributed by atoms with Crippen molar-refractivity contribution in [2.75, 3.05) is 42.8 Å². The molecule has 0 amide bonds. The molecule has 5 rings (SSSR count). The summed E-state index contributed by atoms with van der Waals surface area (Å²) in [6.45, 7) is 3.07. The molecule has 2 aromatic heterocycles. The molecule has 6 nitrogen and oxygen atoms in total. The maximum atomic E-state index is 15.8. The van der Waals surface area contributed by atoms with Crippen LogP contribution in [0.4, 0.5) is 28.4 Å². The highest BCUT2D eigenvalue weighted by atomic mass is 32.2. The van der Waals surface area contributed by atoms with E-state index in [1.54, 1.807) is 24.5 Å². The summed E-state index contributed by atoms with van der Waals surface area (Å²) in [5, 5.41) is 0.623. The van der Waals surface area contributed by atoms with Gasteiger partial charge in [-0.15, -0.1) is 0 Å². The van der Waals surface area contributed by atoms with E-state index in [1.165, 1.54) is 11.3 Å². The average Bonchev–Trinajstić information content (AvgIpc) is 3.33. The first kappa shape index (κ1) is 25.3. The molecule has 192 valence electrons. The number of nitrogens with zero attached hydrogens (tertiary/aromatic N) is 4. The number of hydrogen-bond acceptors (Lipinski definition) is 6. The Kier molecular flexibility index (Phi) is 7.22. The van der Waals surface area contributed by atoms with Crippen molar-refractivity contribution in [2.24, 2.45) is 0 Å². The monoisotopic (exact) mass is 547 g/mol. The molecular formula is C25H21F4N5OS2. The van der Waals surface area contributed by atoms with E-state index in [2.05, 4.69) is 24.5 Å². The van der Waals surface area contributed by atoms with Gasteiger partial charge in [-0.05, 0) is 55.1 Å². The largest absolute Gasteiger partial charge is 0.345 e. The van der Waals surface area contributed by atoms with Crippen molar-refractivity contribution < 1.29 is 21.8 Å². The van der Waals surface area contributed by atoms with Gasteiger partial charge in [-0.3, -0.25) is 9.71 Å². The highest BCUT2D eigenvalue weighted by molar-refractivity contribution is 7.86. The minimum atomic E-state index is -2.35. The third-order valence-electron chi connectivity index (χ3n) is 5.96. The fourth-order valence-electron chi connectivity index (χ4n) is 3.93. The lowest BCUT2D eigenvalue weighted by Crippen LogP contribution is -2.44. The van der Waals surface area contributed by atoms with E-state index in [4.69, 9.17) is 0 Å². The van der Waals surface area contributed by atoms with Crippen LogP contribution in [0.25, 0.3) is 21.7 Å². The van der Waals surface area contributed by atoms with E-state index < -0.39 is 44.7 Å². The van der Waals surface area contributed by atoms with Gasteiger partial charge in [0.1, 0.15) is 17.5 Å². The standard InChI is InChI=1S/C25H21F4N5OS2/c1-33-10-12-34(13-11-33)25-31-23(24(36-25)15-6-8-30-9-7-15)21-18(28)4-5-19(22(21)29)32-37(35)20-14-16(26)2-3-17(20)27/h2-9,14,32H,10-13H2,1H3. The van der Waals surface area contributed by atoms with Crippen LogP contribution >= 0.6 is 11.3 Å². The van der Waals surface area contributed by atoms with E-state index in [-0.39, 0.29) is 11.4 Å². The number of halogens is 4. The van der Waals surface area contributed by atoms with Gasteiger partial charge in [0.05, 0.1) is 26.7 Å². The first-order chi connectivity index (χ1) is 17.8. The molecule has 0 aliphatic carbocycles. The fourth-order valence-corrected chi connectivity index (χ4v) is 5.99. The fraction of sp³-hybridized carbons (Fsp3) is 0.200. The minimum Gasteiger partial charge on any atom is -0.345 e. The van der Waals surface area contributed by atoms with Gasteiger partial charge in [-0.25, -0.2) is 26.8 Å². The molecule has 0 radical (unpaired) electrons. The molecule has 4 aromatic rings. The highest BCUT2D eigenvalue weighted by Crippen LogP contribution is 2.43. The average molecular weight is 548 g/mol. The number of pyridine rings is 1. The molecule has 1 aliphatic heterocycles. The van der Waals surface area contributed by atoms with Gasteiger partial charge in [-0.1, -0.05) is 11.3 Å². The van der Waals surface area contributed by atoms with E-state index >= 15 is 8.78 Å². The molecule has 0 saturated carbocycles. The predicted molar refractivity (Wildman–Crippen MR) is 137 cm³/mol. The zero-order valence-corrected chi connectivity index (χ0v) is 21.2. The van der Waals surface area contributed by atoms with Crippen LogP contribution in [-0.2, 0) is 11.0 Å². The molecule has 1 fully saturated rings. The van der Waals surface area contributed by atoms with E-state index in [0.717, 1.165) is 43.4 Å². The molecular weight excluding hydrogens is 526 g/mol. The normalized spacial score (nSPS) is 15.1. The van der Waals surface area contributed by atoms with Gasteiger partial charge >= 0.3 is 0 Å².